The van der Waals surface area contributed by atoms with Gasteiger partial charge in [-0.2, -0.15) is 0 Å². The maximum absolute atomic E-state index is 12.5. The molecule has 2 aliphatic rings. The van der Waals surface area contributed by atoms with Gasteiger partial charge in [0.2, 0.25) is 6.79 Å². The molecular formula is C26H20Cl2N2O4S. The molecule has 2 heterocycles. The van der Waals surface area contributed by atoms with Crippen LogP contribution in [-0.4, -0.2) is 17.9 Å². The first-order chi connectivity index (χ1) is 17.0. The number of aliphatic imine (C=N–C) groups is 1. The zero-order valence-corrected chi connectivity index (χ0v) is 21.0. The van der Waals surface area contributed by atoms with Crippen LogP contribution < -0.4 is 19.5 Å². The average Bonchev–Trinajstić information content (AvgIpc) is 3.44. The summed E-state index contributed by atoms with van der Waals surface area (Å²) < 4.78 is 16.6. The lowest BCUT2D eigenvalue weighted by Crippen LogP contribution is -2.19. The first-order valence-corrected chi connectivity index (χ1v) is 12.4. The number of carbonyl (C=O) groups is 1. The van der Waals surface area contributed by atoms with Gasteiger partial charge in [-0.1, -0.05) is 48.3 Å². The second-order valence-electron chi connectivity index (χ2n) is 7.79. The molecule has 0 atom stereocenters. The highest BCUT2D eigenvalue weighted by Gasteiger charge is 2.24. The van der Waals surface area contributed by atoms with Crippen molar-refractivity contribution in [3.05, 3.63) is 86.2 Å². The number of benzene rings is 3. The molecular weight excluding hydrogens is 507 g/mol. The molecule has 0 saturated carbocycles. The van der Waals surface area contributed by atoms with Gasteiger partial charge in [0, 0.05) is 0 Å². The van der Waals surface area contributed by atoms with Crippen LogP contribution in [0.3, 0.4) is 0 Å². The zero-order valence-electron chi connectivity index (χ0n) is 18.6. The summed E-state index contributed by atoms with van der Waals surface area (Å²) in [5, 5.41) is 4.01. The van der Waals surface area contributed by atoms with Crippen LogP contribution in [0.15, 0.2) is 64.5 Å². The van der Waals surface area contributed by atoms with Gasteiger partial charge < -0.3 is 19.5 Å². The van der Waals surface area contributed by atoms with Gasteiger partial charge in [0.05, 0.1) is 20.6 Å². The van der Waals surface area contributed by atoms with Crippen LogP contribution in [-0.2, 0) is 17.8 Å². The van der Waals surface area contributed by atoms with Crippen LogP contribution in [0, 0.1) is 0 Å². The Labute approximate surface area is 216 Å². The quantitative estimate of drug-likeness (QED) is 0.359. The van der Waals surface area contributed by atoms with Crippen molar-refractivity contribution in [3.63, 3.8) is 0 Å². The molecule has 6 nitrogen and oxygen atoms in total. The fraction of sp³-hybridized carbons (Fsp3) is 0.154. The first-order valence-electron chi connectivity index (χ1n) is 10.9. The van der Waals surface area contributed by atoms with Crippen LogP contribution in [0.2, 0.25) is 10.0 Å². The van der Waals surface area contributed by atoms with E-state index in [1.54, 1.807) is 18.2 Å². The van der Waals surface area contributed by atoms with Gasteiger partial charge in [-0.3, -0.25) is 4.79 Å². The number of nitrogens with zero attached hydrogens (tertiary/aromatic N) is 1. The molecule has 1 fully saturated rings. The van der Waals surface area contributed by atoms with Crippen molar-refractivity contribution in [3.8, 4) is 17.2 Å². The van der Waals surface area contributed by atoms with E-state index in [1.165, 1.54) is 17.3 Å². The topological polar surface area (TPSA) is 69.2 Å². The summed E-state index contributed by atoms with van der Waals surface area (Å²) in [4.78, 5) is 17.5. The highest BCUT2D eigenvalue weighted by Crippen LogP contribution is 2.38. The Morgan fingerprint density at radius 2 is 1.74 bits per heavy atom. The van der Waals surface area contributed by atoms with Gasteiger partial charge in [-0.05, 0) is 77.3 Å². The standard InChI is InChI=1S/C26H20Cl2N2O4S/c1-2-15-3-6-18(7-4-15)29-26-30-25(31)23(35-26)12-17-9-19(27)24(20(28)10-17)32-13-16-5-8-21-22(11-16)34-14-33-21/h3-12H,2,13-14H2,1H3,(H,29,30,31)/b23-12-. The summed E-state index contributed by atoms with van der Waals surface area (Å²) in [5.41, 5.74) is 3.58. The number of amidine groups is 1. The fourth-order valence-electron chi connectivity index (χ4n) is 3.54. The Kier molecular flexibility index (Phi) is 6.90. The van der Waals surface area contributed by atoms with Gasteiger partial charge in [0.25, 0.3) is 5.91 Å². The minimum Gasteiger partial charge on any atom is -0.486 e. The molecule has 9 heteroatoms. The summed E-state index contributed by atoms with van der Waals surface area (Å²) in [6, 6.07) is 16.9. The molecule has 5 rings (SSSR count). The Balaban J connectivity index is 1.29. The number of hydrogen-bond donors (Lipinski definition) is 1. The smallest absolute Gasteiger partial charge is 0.264 e. The summed E-state index contributed by atoms with van der Waals surface area (Å²) in [5.74, 6) is 1.53. The van der Waals surface area contributed by atoms with Gasteiger partial charge in [-0.25, -0.2) is 4.99 Å². The third-order valence-corrected chi connectivity index (χ3v) is 6.84. The molecule has 3 aromatic carbocycles. The van der Waals surface area contributed by atoms with E-state index in [1.807, 2.05) is 42.5 Å². The van der Waals surface area contributed by atoms with Gasteiger partial charge in [0.1, 0.15) is 6.61 Å². The van der Waals surface area contributed by atoms with Crippen LogP contribution in [0.5, 0.6) is 17.2 Å². The molecule has 0 radical (unpaired) electrons. The van der Waals surface area contributed by atoms with E-state index in [4.69, 9.17) is 37.4 Å². The summed E-state index contributed by atoms with van der Waals surface area (Å²) in [6.07, 6.45) is 2.69. The lowest BCUT2D eigenvalue weighted by molar-refractivity contribution is -0.115. The molecule has 0 bridgehead atoms. The first kappa shape index (κ1) is 23.6. The van der Waals surface area contributed by atoms with Crippen molar-refractivity contribution in [2.45, 2.75) is 20.0 Å². The monoisotopic (exact) mass is 526 g/mol. The highest BCUT2D eigenvalue weighted by molar-refractivity contribution is 8.18. The molecule has 178 valence electrons. The highest BCUT2D eigenvalue weighted by atomic mass is 35.5. The maximum Gasteiger partial charge on any atom is 0.264 e. The normalized spacial score (nSPS) is 16.7. The number of rotatable bonds is 6. The fourth-order valence-corrected chi connectivity index (χ4v) is 5.00. The van der Waals surface area contributed by atoms with Gasteiger partial charge >= 0.3 is 0 Å². The van der Waals surface area contributed by atoms with Crippen molar-refractivity contribution in [2.24, 2.45) is 4.99 Å². The predicted octanol–water partition coefficient (Wildman–Crippen LogP) is 6.76. The summed E-state index contributed by atoms with van der Waals surface area (Å²) >= 11 is 14.2. The molecule has 3 aromatic rings. The molecule has 1 amide bonds. The lowest BCUT2D eigenvalue weighted by Gasteiger charge is -2.11. The minimum absolute atomic E-state index is 0.212. The number of thioether (sulfide) groups is 1. The molecule has 1 saturated heterocycles. The number of hydrogen-bond acceptors (Lipinski definition) is 6. The molecule has 1 N–H and O–H groups in total. The molecule has 0 unspecified atom stereocenters. The van der Waals surface area contributed by atoms with Crippen molar-refractivity contribution >= 4 is 57.8 Å². The van der Waals surface area contributed by atoms with E-state index < -0.39 is 0 Å². The maximum atomic E-state index is 12.5. The van der Waals surface area contributed by atoms with E-state index in [-0.39, 0.29) is 19.3 Å². The van der Waals surface area contributed by atoms with Crippen molar-refractivity contribution in [1.29, 1.82) is 0 Å². The average molecular weight is 527 g/mol. The van der Waals surface area contributed by atoms with Gasteiger partial charge in [-0.15, -0.1) is 0 Å². The molecule has 2 aliphatic heterocycles. The third-order valence-electron chi connectivity index (χ3n) is 5.36. The number of ether oxygens (including phenoxy) is 3. The van der Waals surface area contributed by atoms with Crippen LogP contribution in [0.1, 0.15) is 23.6 Å². The van der Waals surface area contributed by atoms with E-state index in [2.05, 4.69) is 17.2 Å². The molecule has 35 heavy (non-hydrogen) atoms. The van der Waals surface area contributed by atoms with E-state index >= 15 is 0 Å². The number of nitrogens with one attached hydrogen (secondary N) is 1. The second-order valence-corrected chi connectivity index (χ2v) is 9.64. The van der Waals surface area contributed by atoms with Crippen LogP contribution in [0.25, 0.3) is 6.08 Å². The second kappa shape index (κ2) is 10.2. The minimum atomic E-state index is -0.227. The number of fused-ring (bicyclic) bond motifs is 1. The van der Waals surface area contributed by atoms with Crippen LogP contribution >= 0.6 is 35.0 Å². The van der Waals surface area contributed by atoms with Crippen LogP contribution in [0.4, 0.5) is 5.69 Å². The lowest BCUT2D eigenvalue weighted by atomic mass is 10.2. The Morgan fingerprint density at radius 1 is 1.03 bits per heavy atom. The summed E-state index contributed by atoms with van der Waals surface area (Å²) in [7, 11) is 0. The third kappa shape index (κ3) is 5.42. The molecule has 0 aliphatic carbocycles. The van der Waals surface area contributed by atoms with E-state index in [9.17, 15) is 4.79 Å². The summed E-state index contributed by atoms with van der Waals surface area (Å²) in [6.45, 7) is 2.57. The van der Waals surface area contributed by atoms with Crippen molar-refractivity contribution < 1.29 is 19.0 Å². The Morgan fingerprint density at radius 3 is 2.49 bits per heavy atom. The molecule has 0 spiro atoms. The van der Waals surface area contributed by atoms with Crippen molar-refractivity contribution in [1.82, 2.24) is 5.32 Å². The Bertz CT molecular complexity index is 1330. The predicted molar refractivity (Wildman–Crippen MR) is 140 cm³/mol. The van der Waals surface area contributed by atoms with Crippen molar-refractivity contribution in [2.75, 3.05) is 6.79 Å². The number of aryl methyl sites for hydroxylation is 1. The Hall–Kier alpha value is -3.13. The number of amides is 1. The number of carbonyl (C=O) groups excluding carboxylic acids is 1. The van der Waals surface area contributed by atoms with Gasteiger partial charge in [0.15, 0.2) is 22.4 Å². The number of halogens is 2. The van der Waals surface area contributed by atoms with E-state index in [0.717, 1.165) is 17.7 Å². The zero-order chi connectivity index (χ0) is 24.4. The largest absolute Gasteiger partial charge is 0.486 e. The SMILES string of the molecule is CCc1ccc(N=C2NC(=O)/C(=C/c3cc(Cl)c(OCc4ccc5c(c4)OCO5)c(Cl)c3)S2)cc1. The van der Waals surface area contributed by atoms with E-state index in [0.29, 0.717) is 42.9 Å². The molecule has 0 aromatic heterocycles.